The van der Waals surface area contributed by atoms with Crippen molar-refractivity contribution in [3.8, 4) is 17.1 Å². The lowest BCUT2D eigenvalue weighted by atomic mass is 10.1. The van der Waals surface area contributed by atoms with Gasteiger partial charge in [-0.15, -0.1) is 10.2 Å². The molecule has 144 valence electrons. The first kappa shape index (κ1) is 18.4. The van der Waals surface area contributed by atoms with E-state index >= 15 is 0 Å². The average molecular weight is 408 g/mol. The van der Waals surface area contributed by atoms with Gasteiger partial charge in [0.1, 0.15) is 17.7 Å². The third-order valence-corrected chi connectivity index (χ3v) is 5.01. The Morgan fingerprint density at radius 1 is 1.00 bits per heavy atom. The molecule has 0 fully saturated rings. The summed E-state index contributed by atoms with van der Waals surface area (Å²) in [6.07, 6.45) is -4.84. The van der Waals surface area contributed by atoms with Gasteiger partial charge in [0.15, 0.2) is 10.8 Å². The van der Waals surface area contributed by atoms with Gasteiger partial charge in [0.2, 0.25) is 4.96 Å². The molecule has 2 aromatic carbocycles. The van der Waals surface area contributed by atoms with E-state index in [1.165, 1.54) is 52.3 Å². The molecule has 0 bridgehead atoms. The summed E-state index contributed by atoms with van der Waals surface area (Å²) in [5.41, 5.74) is -0.276. The van der Waals surface area contributed by atoms with Gasteiger partial charge in [-0.1, -0.05) is 23.5 Å². The van der Waals surface area contributed by atoms with Gasteiger partial charge >= 0.3 is 6.18 Å². The highest BCUT2D eigenvalue weighted by Crippen LogP contribution is 2.32. The maximum absolute atomic E-state index is 13.0. The Bertz CT molecular complexity index is 1100. The number of hydrogen-bond acceptors (Lipinski definition) is 5. The molecule has 0 aliphatic rings. The van der Waals surface area contributed by atoms with Gasteiger partial charge < -0.3 is 4.74 Å². The molecule has 2 heterocycles. The summed E-state index contributed by atoms with van der Waals surface area (Å²) >= 11 is 1.25. The topological polar surface area (TPSA) is 52.3 Å². The van der Waals surface area contributed by atoms with Gasteiger partial charge in [-0.05, 0) is 43.3 Å². The minimum absolute atomic E-state index is 0.334. The van der Waals surface area contributed by atoms with Crippen LogP contribution in [0, 0.1) is 5.82 Å². The fourth-order valence-electron chi connectivity index (χ4n) is 2.55. The van der Waals surface area contributed by atoms with Gasteiger partial charge in [-0.2, -0.15) is 22.8 Å². The van der Waals surface area contributed by atoms with Crippen molar-refractivity contribution in [1.82, 2.24) is 19.8 Å². The first-order chi connectivity index (χ1) is 13.3. The predicted molar refractivity (Wildman–Crippen MR) is 94.5 cm³/mol. The fourth-order valence-corrected chi connectivity index (χ4v) is 3.37. The highest BCUT2D eigenvalue weighted by Gasteiger charge is 2.30. The molecule has 0 unspecified atom stereocenters. The van der Waals surface area contributed by atoms with Crippen LogP contribution in [-0.4, -0.2) is 19.8 Å². The molecule has 0 amide bonds. The van der Waals surface area contributed by atoms with E-state index in [9.17, 15) is 17.6 Å². The van der Waals surface area contributed by atoms with Crippen LogP contribution in [0.5, 0.6) is 5.75 Å². The number of alkyl halides is 3. The molecule has 1 atom stereocenters. The molecular weight excluding hydrogens is 396 g/mol. The van der Waals surface area contributed by atoms with Crippen molar-refractivity contribution in [2.45, 2.75) is 19.2 Å². The standard InChI is InChI=1S/C18H12F4N4OS/c1-10(27-14-8-6-13(19)7-9-14)16-25-26-15(23-24-17(26)28-16)11-2-4-12(5-3-11)18(20,21)22/h2-10H,1H3/t10-/m0/s1. The summed E-state index contributed by atoms with van der Waals surface area (Å²) < 4.78 is 58.4. The maximum Gasteiger partial charge on any atom is 0.416 e. The van der Waals surface area contributed by atoms with Gasteiger partial charge in [-0.25, -0.2) is 4.39 Å². The van der Waals surface area contributed by atoms with E-state index in [1.54, 1.807) is 6.92 Å². The number of fused-ring (bicyclic) bond motifs is 1. The summed E-state index contributed by atoms with van der Waals surface area (Å²) in [6.45, 7) is 1.78. The van der Waals surface area contributed by atoms with Gasteiger partial charge in [0.05, 0.1) is 5.56 Å². The first-order valence-electron chi connectivity index (χ1n) is 8.13. The number of benzene rings is 2. The number of nitrogens with zero attached hydrogens (tertiary/aromatic N) is 4. The Balaban J connectivity index is 1.60. The Hall–Kier alpha value is -3.01. The van der Waals surface area contributed by atoms with E-state index in [0.717, 1.165) is 12.1 Å². The van der Waals surface area contributed by atoms with E-state index in [2.05, 4.69) is 15.3 Å². The van der Waals surface area contributed by atoms with E-state index in [-0.39, 0.29) is 5.82 Å². The highest BCUT2D eigenvalue weighted by atomic mass is 32.1. The van der Waals surface area contributed by atoms with Crippen LogP contribution in [-0.2, 0) is 6.18 Å². The maximum atomic E-state index is 13.0. The number of ether oxygens (including phenoxy) is 1. The lowest BCUT2D eigenvalue weighted by Crippen LogP contribution is -2.05. The second kappa shape index (κ2) is 6.86. The largest absolute Gasteiger partial charge is 0.483 e. The van der Waals surface area contributed by atoms with E-state index in [4.69, 9.17) is 4.74 Å². The van der Waals surface area contributed by atoms with Crippen LogP contribution < -0.4 is 4.74 Å². The summed E-state index contributed by atoms with van der Waals surface area (Å²) in [6, 6.07) is 10.3. The van der Waals surface area contributed by atoms with Gasteiger partial charge in [0, 0.05) is 5.56 Å². The molecule has 4 aromatic rings. The van der Waals surface area contributed by atoms with Crippen molar-refractivity contribution in [2.75, 3.05) is 0 Å². The van der Waals surface area contributed by atoms with Crippen LogP contribution in [0.2, 0.25) is 0 Å². The molecule has 2 aromatic heterocycles. The van der Waals surface area contributed by atoms with Gasteiger partial charge in [0.25, 0.3) is 0 Å². The zero-order valence-corrected chi connectivity index (χ0v) is 15.1. The lowest BCUT2D eigenvalue weighted by Gasteiger charge is -2.11. The third-order valence-electron chi connectivity index (χ3n) is 3.95. The van der Waals surface area contributed by atoms with E-state index in [1.807, 2.05) is 0 Å². The average Bonchev–Trinajstić information content (AvgIpc) is 3.24. The third kappa shape index (κ3) is 3.55. The minimum atomic E-state index is -4.40. The van der Waals surface area contributed by atoms with Crippen LogP contribution >= 0.6 is 11.3 Å². The van der Waals surface area contributed by atoms with Crippen molar-refractivity contribution in [1.29, 1.82) is 0 Å². The molecule has 10 heteroatoms. The molecular formula is C18H12F4N4OS. The Kier molecular flexibility index (Phi) is 4.50. The lowest BCUT2D eigenvalue weighted by molar-refractivity contribution is -0.137. The summed E-state index contributed by atoms with van der Waals surface area (Å²) in [5, 5.41) is 13.1. The van der Waals surface area contributed by atoms with E-state index < -0.39 is 17.8 Å². The van der Waals surface area contributed by atoms with Crippen LogP contribution in [0.1, 0.15) is 23.6 Å². The number of hydrogen-bond donors (Lipinski definition) is 0. The molecule has 5 nitrogen and oxygen atoms in total. The van der Waals surface area contributed by atoms with Crippen molar-refractivity contribution in [3.63, 3.8) is 0 Å². The predicted octanol–water partition coefficient (Wildman–Crippen LogP) is 5.15. The Labute approximate surface area is 160 Å². The van der Waals surface area contributed by atoms with Crippen LogP contribution in [0.15, 0.2) is 48.5 Å². The minimum Gasteiger partial charge on any atom is -0.483 e. The van der Waals surface area contributed by atoms with Crippen molar-refractivity contribution in [3.05, 3.63) is 64.9 Å². The highest BCUT2D eigenvalue weighted by molar-refractivity contribution is 7.16. The van der Waals surface area contributed by atoms with Crippen molar-refractivity contribution in [2.24, 2.45) is 0 Å². The van der Waals surface area contributed by atoms with Gasteiger partial charge in [-0.3, -0.25) is 0 Å². The molecule has 0 aliphatic carbocycles. The van der Waals surface area contributed by atoms with Crippen LogP contribution in [0.25, 0.3) is 16.3 Å². The second-order valence-corrected chi connectivity index (χ2v) is 6.93. The van der Waals surface area contributed by atoms with Crippen LogP contribution in [0.4, 0.5) is 17.6 Å². The molecule has 28 heavy (non-hydrogen) atoms. The summed E-state index contributed by atoms with van der Waals surface area (Å²) in [4.78, 5) is 0.486. The molecule has 0 aliphatic heterocycles. The molecule has 0 spiro atoms. The monoisotopic (exact) mass is 408 g/mol. The number of halogens is 4. The van der Waals surface area contributed by atoms with Crippen LogP contribution in [0.3, 0.4) is 0 Å². The molecule has 0 saturated carbocycles. The second-order valence-electron chi connectivity index (χ2n) is 5.95. The first-order valence-corrected chi connectivity index (χ1v) is 8.95. The smallest absolute Gasteiger partial charge is 0.416 e. The zero-order valence-electron chi connectivity index (χ0n) is 14.3. The normalized spacial score (nSPS) is 13.0. The quantitative estimate of drug-likeness (QED) is 0.438. The summed E-state index contributed by atoms with van der Waals surface area (Å²) in [7, 11) is 0. The molecule has 0 saturated heterocycles. The fraction of sp³-hybridized carbons (Fsp3) is 0.167. The van der Waals surface area contributed by atoms with E-state index in [0.29, 0.717) is 27.1 Å². The Morgan fingerprint density at radius 3 is 2.32 bits per heavy atom. The molecule has 0 N–H and O–H groups in total. The number of aromatic nitrogens is 4. The zero-order chi connectivity index (χ0) is 19.9. The Morgan fingerprint density at radius 2 is 1.68 bits per heavy atom. The molecule has 4 rings (SSSR count). The summed E-state index contributed by atoms with van der Waals surface area (Å²) in [5.74, 6) is 0.461. The SMILES string of the molecule is C[C@H](Oc1ccc(F)cc1)c1nn2c(-c3ccc(C(F)(F)F)cc3)nnc2s1. The number of rotatable bonds is 4. The van der Waals surface area contributed by atoms with Crippen molar-refractivity contribution >= 4 is 16.3 Å². The molecule has 0 radical (unpaired) electrons. The van der Waals surface area contributed by atoms with Crippen molar-refractivity contribution < 1.29 is 22.3 Å².